The summed E-state index contributed by atoms with van der Waals surface area (Å²) < 4.78 is 9.35. The van der Waals surface area contributed by atoms with Crippen molar-refractivity contribution in [1.29, 1.82) is 0 Å². The molecule has 0 bridgehead atoms. The number of hydrogen-bond donors (Lipinski definition) is 2. The SMILES string of the molecule is NC(=O)OCOc1ccc(N)cc1. The molecule has 70 valence electrons. The van der Waals surface area contributed by atoms with Crippen molar-refractivity contribution in [3.8, 4) is 5.75 Å². The Hall–Kier alpha value is -1.91. The average Bonchev–Trinajstić information content (AvgIpc) is 2.08. The van der Waals surface area contributed by atoms with Crippen LogP contribution in [0.1, 0.15) is 0 Å². The molecule has 0 heterocycles. The van der Waals surface area contributed by atoms with Crippen LogP contribution in [0.15, 0.2) is 24.3 Å². The van der Waals surface area contributed by atoms with Gasteiger partial charge in [0.05, 0.1) is 0 Å². The Morgan fingerprint density at radius 1 is 1.31 bits per heavy atom. The van der Waals surface area contributed by atoms with Crippen LogP contribution < -0.4 is 16.2 Å². The van der Waals surface area contributed by atoms with Crippen molar-refractivity contribution >= 4 is 11.8 Å². The summed E-state index contributed by atoms with van der Waals surface area (Å²) >= 11 is 0. The maximum Gasteiger partial charge on any atom is 0.407 e. The lowest BCUT2D eigenvalue weighted by Crippen LogP contribution is -2.16. The molecule has 0 aromatic heterocycles. The molecule has 0 atom stereocenters. The highest BCUT2D eigenvalue weighted by molar-refractivity contribution is 5.64. The Kier molecular flexibility index (Phi) is 2.97. The highest BCUT2D eigenvalue weighted by Crippen LogP contribution is 2.12. The van der Waals surface area contributed by atoms with E-state index in [9.17, 15) is 4.79 Å². The summed E-state index contributed by atoms with van der Waals surface area (Å²) in [6.45, 7) is -0.195. The van der Waals surface area contributed by atoms with E-state index in [1.807, 2.05) is 0 Å². The van der Waals surface area contributed by atoms with Gasteiger partial charge in [-0.05, 0) is 24.3 Å². The van der Waals surface area contributed by atoms with E-state index in [1.165, 1.54) is 0 Å². The van der Waals surface area contributed by atoms with Crippen molar-refractivity contribution in [1.82, 2.24) is 0 Å². The number of anilines is 1. The lowest BCUT2D eigenvalue weighted by Gasteiger charge is -2.04. The zero-order valence-corrected chi connectivity index (χ0v) is 6.90. The monoisotopic (exact) mass is 182 g/mol. The van der Waals surface area contributed by atoms with Crippen LogP contribution in [0.25, 0.3) is 0 Å². The number of amides is 1. The van der Waals surface area contributed by atoms with Gasteiger partial charge in [-0.15, -0.1) is 0 Å². The molecule has 4 N–H and O–H groups in total. The normalized spacial score (nSPS) is 9.23. The first-order chi connectivity index (χ1) is 6.18. The average molecular weight is 182 g/mol. The Morgan fingerprint density at radius 3 is 2.46 bits per heavy atom. The highest BCUT2D eigenvalue weighted by Gasteiger charge is 1.95. The molecule has 1 rings (SSSR count). The molecule has 1 aromatic carbocycles. The van der Waals surface area contributed by atoms with Crippen LogP contribution >= 0.6 is 0 Å². The van der Waals surface area contributed by atoms with Crippen molar-refractivity contribution in [3.63, 3.8) is 0 Å². The maximum absolute atomic E-state index is 10.1. The molecule has 0 aliphatic carbocycles. The van der Waals surface area contributed by atoms with Crippen LogP contribution in [0, 0.1) is 0 Å². The molecule has 1 amide bonds. The lowest BCUT2D eigenvalue weighted by atomic mass is 10.3. The third-order valence-electron chi connectivity index (χ3n) is 1.31. The van der Waals surface area contributed by atoms with Crippen LogP contribution in [0.5, 0.6) is 5.75 Å². The quantitative estimate of drug-likeness (QED) is 0.532. The molecular weight excluding hydrogens is 172 g/mol. The minimum absolute atomic E-state index is 0.195. The van der Waals surface area contributed by atoms with Crippen molar-refractivity contribution in [2.24, 2.45) is 5.73 Å². The molecule has 5 nitrogen and oxygen atoms in total. The molecule has 0 aliphatic rings. The van der Waals surface area contributed by atoms with Gasteiger partial charge in [0.1, 0.15) is 5.75 Å². The number of carbonyl (C=O) groups is 1. The Bertz CT molecular complexity index is 284. The molecule has 5 heteroatoms. The summed E-state index contributed by atoms with van der Waals surface area (Å²) in [6.07, 6.45) is -0.865. The van der Waals surface area contributed by atoms with E-state index in [0.717, 1.165) is 0 Å². The number of hydrogen-bond acceptors (Lipinski definition) is 4. The number of primary amides is 1. The molecule has 0 unspecified atom stereocenters. The molecule has 0 spiro atoms. The fourth-order valence-corrected chi connectivity index (χ4v) is 0.720. The Balaban J connectivity index is 2.37. The van der Waals surface area contributed by atoms with Gasteiger partial charge < -0.3 is 20.9 Å². The number of nitrogens with two attached hydrogens (primary N) is 2. The van der Waals surface area contributed by atoms with Crippen molar-refractivity contribution in [2.75, 3.05) is 12.5 Å². The van der Waals surface area contributed by atoms with Gasteiger partial charge in [-0.1, -0.05) is 0 Å². The van der Waals surface area contributed by atoms with Gasteiger partial charge in [0.25, 0.3) is 0 Å². The Labute approximate surface area is 75.2 Å². The van der Waals surface area contributed by atoms with Crippen LogP contribution in [0.2, 0.25) is 0 Å². The van der Waals surface area contributed by atoms with Crippen LogP contribution in [-0.4, -0.2) is 12.9 Å². The number of benzene rings is 1. The molecule has 0 aliphatic heterocycles. The third-order valence-corrected chi connectivity index (χ3v) is 1.31. The minimum Gasteiger partial charge on any atom is -0.457 e. The van der Waals surface area contributed by atoms with Gasteiger partial charge >= 0.3 is 6.09 Å². The molecule has 0 saturated carbocycles. The zero-order valence-electron chi connectivity index (χ0n) is 6.90. The number of ether oxygens (including phenoxy) is 2. The first-order valence-corrected chi connectivity index (χ1v) is 3.59. The second-order valence-electron chi connectivity index (χ2n) is 2.29. The van der Waals surface area contributed by atoms with Crippen molar-refractivity contribution in [3.05, 3.63) is 24.3 Å². The Morgan fingerprint density at radius 2 is 1.92 bits per heavy atom. The fraction of sp³-hybridized carbons (Fsp3) is 0.125. The number of nitrogen functional groups attached to an aromatic ring is 1. The predicted octanol–water partition coefficient (Wildman–Crippen LogP) is 0.700. The van der Waals surface area contributed by atoms with Gasteiger partial charge in [0.2, 0.25) is 6.79 Å². The second-order valence-corrected chi connectivity index (χ2v) is 2.29. The van der Waals surface area contributed by atoms with E-state index in [4.69, 9.17) is 16.2 Å². The molecule has 1 aromatic rings. The van der Waals surface area contributed by atoms with Gasteiger partial charge in [0, 0.05) is 5.69 Å². The third kappa shape index (κ3) is 3.33. The maximum atomic E-state index is 10.1. The summed E-state index contributed by atoms with van der Waals surface area (Å²) in [4.78, 5) is 10.1. The smallest absolute Gasteiger partial charge is 0.407 e. The number of rotatable bonds is 3. The van der Waals surface area contributed by atoms with E-state index in [-0.39, 0.29) is 6.79 Å². The van der Waals surface area contributed by atoms with Crippen LogP contribution in [0.3, 0.4) is 0 Å². The van der Waals surface area contributed by atoms with Crippen LogP contribution in [0.4, 0.5) is 10.5 Å². The lowest BCUT2D eigenvalue weighted by molar-refractivity contribution is 0.0657. The summed E-state index contributed by atoms with van der Waals surface area (Å²) in [5.74, 6) is 0.565. The largest absolute Gasteiger partial charge is 0.457 e. The van der Waals surface area contributed by atoms with Gasteiger partial charge in [0.15, 0.2) is 0 Å². The molecule has 0 radical (unpaired) electrons. The van der Waals surface area contributed by atoms with Gasteiger partial charge in [-0.3, -0.25) is 0 Å². The van der Waals surface area contributed by atoms with E-state index in [1.54, 1.807) is 24.3 Å². The fourth-order valence-electron chi connectivity index (χ4n) is 0.720. The first-order valence-electron chi connectivity index (χ1n) is 3.59. The van der Waals surface area contributed by atoms with Gasteiger partial charge in [-0.25, -0.2) is 4.79 Å². The molecule has 0 saturated heterocycles. The first kappa shape index (κ1) is 9.18. The second kappa shape index (κ2) is 4.20. The standard InChI is InChI=1S/C8H10N2O3/c9-6-1-3-7(4-2-6)12-5-13-8(10)11/h1-4H,5,9H2,(H2,10,11). The van der Waals surface area contributed by atoms with Crippen molar-refractivity contribution < 1.29 is 14.3 Å². The van der Waals surface area contributed by atoms with E-state index in [0.29, 0.717) is 11.4 Å². The van der Waals surface area contributed by atoms with Crippen LogP contribution in [-0.2, 0) is 4.74 Å². The van der Waals surface area contributed by atoms with E-state index in [2.05, 4.69) is 4.74 Å². The highest BCUT2D eigenvalue weighted by atomic mass is 16.7. The predicted molar refractivity (Wildman–Crippen MR) is 47.0 cm³/mol. The summed E-state index contributed by atoms with van der Waals surface area (Å²) in [6, 6.07) is 6.69. The zero-order chi connectivity index (χ0) is 9.68. The summed E-state index contributed by atoms with van der Waals surface area (Å²) in [5, 5.41) is 0. The number of carbonyl (C=O) groups excluding carboxylic acids is 1. The molecule has 0 fully saturated rings. The topological polar surface area (TPSA) is 87.6 Å². The summed E-state index contributed by atoms with van der Waals surface area (Å²) in [7, 11) is 0. The van der Waals surface area contributed by atoms with Gasteiger partial charge in [-0.2, -0.15) is 0 Å². The van der Waals surface area contributed by atoms with E-state index >= 15 is 0 Å². The summed E-state index contributed by atoms with van der Waals surface area (Å²) in [5.41, 5.74) is 10.8. The van der Waals surface area contributed by atoms with E-state index < -0.39 is 6.09 Å². The molecular formula is C8H10N2O3. The molecule has 13 heavy (non-hydrogen) atoms. The van der Waals surface area contributed by atoms with Crippen molar-refractivity contribution in [2.45, 2.75) is 0 Å². The minimum atomic E-state index is -0.865.